The second kappa shape index (κ2) is 11.6. The minimum absolute atomic E-state index is 0.0119. The zero-order chi connectivity index (χ0) is 25.8. The molecule has 6 nitrogen and oxygen atoms in total. The normalized spacial score (nSPS) is 23.4. The van der Waals surface area contributed by atoms with E-state index in [1.54, 1.807) is 6.07 Å². The highest BCUT2D eigenvalue weighted by atomic mass is 19.4. The summed E-state index contributed by atoms with van der Waals surface area (Å²) in [5, 5.41) is 5.88. The topological polar surface area (TPSA) is 70.7 Å². The smallest absolute Gasteiger partial charge is 0.416 e. The number of halogens is 3. The molecule has 1 aliphatic heterocycles. The van der Waals surface area contributed by atoms with Crippen LogP contribution in [0.4, 0.5) is 18.0 Å². The van der Waals surface area contributed by atoms with Gasteiger partial charge in [0.05, 0.1) is 12.2 Å². The monoisotopic (exact) mass is 497 g/mol. The molecule has 0 radical (unpaired) electrons. The molecule has 1 aromatic carbocycles. The van der Waals surface area contributed by atoms with E-state index in [1.165, 1.54) is 12.1 Å². The van der Waals surface area contributed by atoms with Crippen LogP contribution in [0.5, 0.6) is 0 Å². The lowest BCUT2D eigenvalue weighted by atomic mass is 9.97. The number of hydrogen-bond donors (Lipinski definition) is 2. The number of alkyl halides is 3. The minimum atomic E-state index is -4.35. The SMILES string of the molecule is CC(C)COC(=O)N[C@@H](CC(C)C)C(=O)N[C@@H]1CC[C@H]2CN(Cc3cccc(C(F)(F)F)c3)C[C@H]21. The number of hydrogen-bond acceptors (Lipinski definition) is 4. The molecule has 1 heterocycles. The van der Waals surface area contributed by atoms with Gasteiger partial charge in [-0.3, -0.25) is 9.69 Å². The van der Waals surface area contributed by atoms with E-state index in [0.717, 1.165) is 32.0 Å². The van der Waals surface area contributed by atoms with Crippen LogP contribution in [0.2, 0.25) is 0 Å². The molecule has 0 bridgehead atoms. The van der Waals surface area contributed by atoms with Gasteiger partial charge in [-0.1, -0.05) is 45.9 Å². The fraction of sp³-hybridized carbons (Fsp3) is 0.692. The molecule has 9 heteroatoms. The molecule has 2 aliphatic rings. The van der Waals surface area contributed by atoms with E-state index in [0.29, 0.717) is 24.4 Å². The van der Waals surface area contributed by atoms with Gasteiger partial charge in [-0.05, 0) is 54.6 Å². The Labute approximate surface area is 206 Å². The fourth-order valence-corrected chi connectivity index (χ4v) is 5.18. The molecule has 1 saturated heterocycles. The number of rotatable bonds is 9. The lowest BCUT2D eigenvalue weighted by Crippen LogP contribution is -2.51. The van der Waals surface area contributed by atoms with Crippen LogP contribution in [0.25, 0.3) is 0 Å². The molecular weight excluding hydrogens is 459 g/mol. The molecule has 2 amide bonds. The van der Waals surface area contributed by atoms with Crippen LogP contribution in [0.3, 0.4) is 0 Å². The third-order valence-electron chi connectivity index (χ3n) is 6.78. The van der Waals surface area contributed by atoms with E-state index in [9.17, 15) is 22.8 Å². The first-order valence-electron chi connectivity index (χ1n) is 12.5. The maximum Gasteiger partial charge on any atom is 0.416 e. The highest BCUT2D eigenvalue weighted by Gasteiger charge is 2.43. The highest BCUT2D eigenvalue weighted by Crippen LogP contribution is 2.39. The molecular formula is C26H38F3N3O3. The molecule has 1 aliphatic carbocycles. The first-order chi connectivity index (χ1) is 16.4. The summed E-state index contributed by atoms with van der Waals surface area (Å²) in [6.07, 6.45) is -2.60. The van der Waals surface area contributed by atoms with Gasteiger partial charge in [-0.15, -0.1) is 0 Å². The maximum atomic E-state index is 13.1. The Balaban J connectivity index is 1.57. The molecule has 3 rings (SSSR count). The van der Waals surface area contributed by atoms with Gasteiger partial charge >= 0.3 is 12.3 Å². The Hall–Kier alpha value is -2.29. The van der Waals surface area contributed by atoms with Crippen LogP contribution >= 0.6 is 0 Å². The zero-order valence-corrected chi connectivity index (χ0v) is 21.0. The summed E-state index contributed by atoms with van der Waals surface area (Å²) >= 11 is 0. The summed E-state index contributed by atoms with van der Waals surface area (Å²) in [6.45, 7) is 10.2. The second-order valence-electron chi connectivity index (χ2n) is 10.8. The number of carbonyl (C=O) groups is 2. The van der Waals surface area contributed by atoms with Crippen molar-refractivity contribution in [1.82, 2.24) is 15.5 Å². The summed E-state index contributed by atoms with van der Waals surface area (Å²) in [5.74, 6) is 0.856. The van der Waals surface area contributed by atoms with Gasteiger partial charge in [0.25, 0.3) is 0 Å². The van der Waals surface area contributed by atoms with Gasteiger partial charge in [0.2, 0.25) is 5.91 Å². The largest absolute Gasteiger partial charge is 0.449 e. The summed E-state index contributed by atoms with van der Waals surface area (Å²) in [7, 11) is 0. The fourth-order valence-electron chi connectivity index (χ4n) is 5.18. The van der Waals surface area contributed by atoms with Crippen molar-refractivity contribution in [3.05, 3.63) is 35.4 Å². The number of nitrogens with one attached hydrogen (secondary N) is 2. The molecule has 0 unspecified atom stereocenters. The quantitative estimate of drug-likeness (QED) is 0.513. The molecule has 1 saturated carbocycles. The molecule has 2 N–H and O–H groups in total. The Morgan fingerprint density at radius 2 is 1.86 bits per heavy atom. The molecule has 196 valence electrons. The van der Waals surface area contributed by atoms with Crippen molar-refractivity contribution < 1.29 is 27.5 Å². The van der Waals surface area contributed by atoms with Crippen LogP contribution < -0.4 is 10.6 Å². The van der Waals surface area contributed by atoms with Crippen molar-refractivity contribution in [2.75, 3.05) is 19.7 Å². The third-order valence-corrected chi connectivity index (χ3v) is 6.78. The predicted octanol–water partition coefficient (Wildman–Crippen LogP) is 4.83. The van der Waals surface area contributed by atoms with Gasteiger partial charge < -0.3 is 15.4 Å². The number of carbonyl (C=O) groups excluding carboxylic acids is 2. The van der Waals surface area contributed by atoms with E-state index in [-0.39, 0.29) is 36.3 Å². The lowest BCUT2D eigenvalue weighted by molar-refractivity contribution is -0.137. The van der Waals surface area contributed by atoms with Gasteiger partial charge in [-0.25, -0.2) is 4.79 Å². The zero-order valence-electron chi connectivity index (χ0n) is 21.0. The van der Waals surface area contributed by atoms with E-state index < -0.39 is 23.9 Å². The standard InChI is InChI=1S/C26H38F3N3O3/c1-16(2)10-23(31-25(34)35-15-17(3)4)24(33)30-22-9-8-19-13-32(14-21(19)22)12-18-6-5-7-20(11-18)26(27,28)29/h5-7,11,16-17,19,21-23H,8-10,12-15H2,1-4H3,(H,30,33)(H,31,34)/t19-,21+,22+,23-/m0/s1. The van der Waals surface area contributed by atoms with Crippen molar-refractivity contribution >= 4 is 12.0 Å². The average Bonchev–Trinajstić information content (AvgIpc) is 3.32. The van der Waals surface area contributed by atoms with Crippen LogP contribution in [0, 0.1) is 23.7 Å². The Morgan fingerprint density at radius 3 is 2.51 bits per heavy atom. The van der Waals surface area contributed by atoms with Crippen molar-refractivity contribution in [1.29, 1.82) is 0 Å². The summed E-state index contributed by atoms with van der Waals surface area (Å²) in [5.41, 5.74) is 0.0108. The Kier molecular flexibility index (Phi) is 9.07. The number of alkyl carbamates (subject to hydrolysis) is 1. The summed E-state index contributed by atoms with van der Waals surface area (Å²) in [4.78, 5) is 27.5. The van der Waals surface area contributed by atoms with Crippen LogP contribution in [-0.4, -0.2) is 48.7 Å². The van der Waals surface area contributed by atoms with Crippen LogP contribution in [0.15, 0.2) is 24.3 Å². The first kappa shape index (κ1) is 27.3. The number of likely N-dealkylation sites (tertiary alicyclic amines) is 1. The first-order valence-corrected chi connectivity index (χ1v) is 12.5. The Bertz CT molecular complexity index is 875. The number of nitrogens with zero attached hydrogens (tertiary/aromatic N) is 1. The number of fused-ring (bicyclic) bond motifs is 1. The summed E-state index contributed by atoms with van der Waals surface area (Å²) < 4.78 is 44.4. The predicted molar refractivity (Wildman–Crippen MR) is 127 cm³/mol. The van der Waals surface area contributed by atoms with E-state index >= 15 is 0 Å². The molecule has 0 spiro atoms. The number of amides is 2. The van der Waals surface area contributed by atoms with Crippen molar-refractivity contribution in [3.63, 3.8) is 0 Å². The molecule has 35 heavy (non-hydrogen) atoms. The second-order valence-corrected chi connectivity index (χ2v) is 10.8. The van der Waals surface area contributed by atoms with Crippen molar-refractivity contribution in [2.45, 2.75) is 71.8 Å². The molecule has 2 fully saturated rings. The molecule has 0 aromatic heterocycles. The average molecular weight is 498 g/mol. The lowest BCUT2D eigenvalue weighted by Gasteiger charge is -2.26. The van der Waals surface area contributed by atoms with E-state index in [4.69, 9.17) is 4.74 Å². The van der Waals surface area contributed by atoms with Gasteiger partial charge in [-0.2, -0.15) is 13.2 Å². The number of benzene rings is 1. The van der Waals surface area contributed by atoms with Gasteiger partial charge in [0.1, 0.15) is 6.04 Å². The van der Waals surface area contributed by atoms with E-state index in [1.807, 2.05) is 27.7 Å². The van der Waals surface area contributed by atoms with Gasteiger partial charge in [0.15, 0.2) is 0 Å². The third kappa shape index (κ3) is 7.85. The summed E-state index contributed by atoms with van der Waals surface area (Å²) in [6, 6.07) is 4.80. The van der Waals surface area contributed by atoms with Crippen molar-refractivity contribution in [2.24, 2.45) is 23.7 Å². The highest BCUT2D eigenvalue weighted by molar-refractivity contribution is 5.85. The maximum absolute atomic E-state index is 13.1. The van der Waals surface area contributed by atoms with Crippen LogP contribution in [0.1, 0.15) is 58.1 Å². The minimum Gasteiger partial charge on any atom is -0.449 e. The molecule has 1 aromatic rings. The van der Waals surface area contributed by atoms with E-state index in [2.05, 4.69) is 15.5 Å². The number of ether oxygens (including phenoxy) is 1. The molecule has 4 atom stereocenters. The van der Waals surface area contributed by atoms with Crippen LogP contribution in [-0.2, 0) is 22.3 Å². The Morgan fingerprint density at radius 1 is 1.11 bits per heavy atom. The van der Waals surface area contributed by atoms with Crippen molar-refractivity contribution in [3.8, 4) is 0 Å². The van der Waals surface area contributed by atoms with Gasteiger partial charge in [0, 0.05) is 25.7 Å².